The third kappa shape index (κ3) is 4.62. The molecule has 1 aliphatic rings. The third-order valence-electron chi connectivity index (χ3n) is 4.48. The topological polar surface area (TPSA) is 82.1 Å². The molecule has 1 aromatic rings. The monoisotopic (exact) mass is 361 g/mol. The number of amides is 1. The number of rotatable bonds is 9. The summed E-state index contributed by atoms with van der Waals surface area (Å²) in [5.41, 5.74) is 2.39. The Hall–Kier alpha value is -2.38. The normalized spacial score (nSPS) is 14.3. The Morgan fingerprint density at radius 1 is 1.27 bits per heavy atom. The smallest absolute Gasteiger partial charge is 0.337 e. The van der Waals surface area contributed by atoms with Crippen LogP contribution >= 0.6 is 0 Å². The molecular formula is C19H27N3O4. The Bertz CT molecular complexity index is 666. The minimum atomic E-state index is -0.542. The second-order valence-corrected chi connectivity index (χ2v) is 6.08. The lowest BCUT2D eigenvalue weighted by Gasteiger charge is -2.18. The fourth-order valence-electron chi connectivity index (χ4n) is 2.89. The van der Waals surface area contributed by atoms with Crippen LogP contribution in [-0.2, 0) is 20.9 Å². The molecule has 1 aromatic carbocycles. The summed E-state index contributed by atoms with van der Waals surface area (Å²) in [6.45, 7) is 7.25. The summed E-state index contributed by atoms with van der Waals surface area (Å²) >= 11 is 0. The first kappa shape index (κ1) is 19.9. The number of benzene rings is 1. The Morgan fingerprint density at radius 3 is 2.46 bits per heavy atom. The Balaban J connectivity index is 2.16. The molecule has 0 atom stereocenters. The van der Waals surface area contributed by atoms with Gasteiger partial charge in [0.2, 0.25) is 0 Å². The predicted molar refractivity (Wildman–Crippen MR) is 99.4 cm³/mol. The van der Waals surface area contributed by atoms with Crippen molar-refractivity contribution in [2.45, 2.75) is 20.4 Å². The van der Waals surface area contributed by atoms with Crippen molar-refractivity contribution in [3.63, 3.8) is 0 Å². The summed E-state index contributed by atoms with van der Waals surface area (Å²) < 4.78 is 4.78. The third-order valence-corrected chi connectivity index (χ3v) is 4.48. The number of nitrogens with one attached hydrogen (secondary N) is 1. The van der Waals surface area contributed by atoms with Crippen molar-refractivity contribution in [3.8, 4) is 0 Å². The van der Waals surface area contributed by atoms with E-state index < -0.39 is 5.97 Å². The summed E-state index contributed by atoms with van der Waals surface area (Å²) in [5.74, 6) is -0.855. The quantitative estimate of drug-likeness (QED) is 0.643. The second kappa shape index (κ2) is 9.35. The standard InChI is InChI=1S/C19H27N3O4/c1-4-21(5-2)12-14-6-8-15(9-7-14)20-17-16(19(25)26-3)13-22(10-11-23)18(17)24/h6-9,20,23H,4-5,10-13H2,1-3H3. The zero-order valence-corrected chi connectivity index (χ0v) is 15.6. The van der Waals surface area contributed by atoms with E-state index in [0.717, 1.165) is 25.3 Å². The molecular weight excluding hydrogens is 334 g/mol. The van der Waals surface area contributed by atoms with E-state index in [1.165, 1.54) is 17.6 Å². The van der Waals surface area contributed by atoms with Gasteiger partial charge in [-0.25, -0.2) is 4.79 Å². The maximum absolute atomic E-state index is 12.5. The molecule has 0 saturated carbocycles. The number of β-amino-alcohol motifs (C(OH)–C–C–N with tert-alkyl or cyclic N) is 1. The number of anilines is 1. The highest BCUT2D eigenvalue weighted by Crippen LogP contribution is 2.23. The zero-order valence-electron chi connectivity index (χ0n) is 15.6. The van der Waals surface area contributed by atoms with Gasteiger partial charge in [-0.05, 0) is 30.8 Å². The maximum Gasteiger partial charge on any atom is 0.337 e. The Labute approximate surface area is 154 Å². The van der Waals surface area contributed by atoms with Crippen molar-refractivity contribution >= 4 is 17.6 Å². The summed E-state index contributed by atoms with van der Waals surface area (Å²) in [5, 5.41) is 12.1. The minimum absolute atomic E-state index is 0.133. The predicted octanol–water partition coefficient (Wildman–Crippen LogP) is 1.20. The molecule has 2 rings (SSSR count). The largest absolute Gasteiger partial charge is 0.466 e. The molecule has 0 radical (unpaired) electrons. The average molecular weight is 361 g/mol. The molecule has 26 heavy (non-hydrogen) atoms. The minimum Gasteiger partial charge on any atom is -0.466 e. The fourth-order valence-corrected chi connectivity index (χ4v) is 2.89. The van der Waals surface area contributed by atoms with Crippen LogP contribution in [0.4, 0.5) is 5.69 Å². The number of aliphatic hydroxyl groups is 1. The van der Waals surface area contributed by atoms with Gasteiger partial charge >= 0.3 is 5.97 Å². The van der Waals surface area contributed by atoms with Gasteiger partial charge < -0.3 is 20.1 Å². The average Bonchev–Trinajstić information content (AvgIpc) is 2.96. The maximum atomic E-state index is 12.5. The van der Waals surface area contributed by atoms with Crippen molar-refractivity contribution in [1.29, 1.82) is 0 Å². The number of esters is 1. The van der Waals surface area contributed by atoms with E-state index in [1.54, 1.807) is 0 Å². The molecule has 7 heteroatoms. The van der Waals surface area contributed by atoms with Crippen LogP contribution in [0.1, 0.15) is 19.4 Å². The fraction of sp³-hybridized carbons (Fsp3) is 0.474. The molecule has 0 saturated heterocycles. The van der Waals surface area contributed by atoms with E-state index in [1.807, 2.05) is 24.3 Å². The highest BCUT2D eigenvalue weighted by molar-refractivity contribution is 6.08. The molecule has 1 aliphatic heterocycles. The first-order valence-electron chi connectivity index (χ1n) is 8.83. The molecule has 0 fully saturated rings. The molecule has 0 aliphatic carbocycles. The Kier molecular flexibility index (Phi) is 7.17. The number of carbonyl (C=O) groups is 2. The van der Waals surface area contributed by atoms with Crippen molar-refractivity contribution < 1.29 is 19.4 Å². The van der Waals surface area contributed by atoms with Crippen LogP contribution in [0.25, 0.3) is 0 Å². The van der Waals surface area contributed by atoms with Crippen molar-refractivity contribution in [2.24, 2.45) is 0 Å². The summed E-state index contributed by atoms with van der Waals surface area (Å²) in [6.07, 6.45) is 0. The number of hydrogen-bond donors (Lipinski definition) is 2. The van der Waals surface area contributed by atoms with Gasteiger partial charge in [0.05, 0.1) is 25.8 Å². The molecule has 0 spiro atoms. The van der Waals surface area contributed by atoms with Gasteiger partial charge in [-0.15, -0.1) is 0 Å². The van der Waals surface area contributed by atoms with Crippen molar-refractivity contribution in [2.75, 3.05) is 45.2 Å². The van der Waals surface area contributed by atoms with Gasteiger partial charge in [0.15, 0.2) is 0 Å². The van der Waals surface area contributed by atoms with Gasteiger partial charge in [0, 0.05) is 18.8 Å². The molecule has 0 unspecified atom stereocenters. The van der Waals surface area contributed by atoms with Crippen LogP contribution < -0.4 is 5.32 Å². The van der Waals surface area contributed by atoms with Crippen molar-refractivity contribution in [1.82, 2.24) is 9.80 Å². The van der Waals surface area contributed by atoms with E-state index in [2.05, 4.69) is 24.1 Å². The van der Waals surface area contributed by atoms with Crippen LogP contribution in [0, 0.1) is 0 Å². The molecule has 0 aromatic heterocycles. The summed E-state index contributed by atoms with van der Waals surface area (Å²) in [7, 11) is 1.29. The molecule has 7 nitrogen and oxygen atoms in total. The molecule has 1 amide bonds. The van der Waals surface area contributed by atoms with Crippen LogP contribution in [0.5, 0.6) is 0 Å². The van der Waals surface area contributed by atoms with Gasteiger partial charge in [0.1, 0.15) is 5.70 Å². The number of ether oxygens (including phenoxy) is 1. The first-order chi connectivity index (χ1) is 12.5. The van der Waals surface area contributed by atoms with Gasteiger partial charge in [0.25, 0.3) is 5.91 Å². The molecule has 1 heterocycles. The molecule has 142 valence electrons. The number of nitrogens with zero attached hydrogens (tertiary/aromatic N) is 2. The number of carbonyl (C=O) groups excluding carboxylic acids is 2. The van der Waals surface area contributed by atoms with Gasteiger partial charge in [-0.1, -0.05) is 26.0 Å². The van der Waals surface area contributed by atoms with E-state index >= 15 is 0 Å². The lowest BCUT2D eigenvalue weighted by Crippen LogP contribution is -2.31. The number of hydrogen-bond acceptors (Lipinski definition) is 6. The van der Waals surface area contributed by atoms with Crippen LogP contribution in [0.2, 0.25) is 0 Å². The highest BCUT2D eigenvalue weighted by Gasteiger charge is 2.34. The summed E-state index contributed by atoms with van der Waals surface area (Å²) in [4.78, 5) is 28.2. The zero-order chi connectivity index (χ0) is 19.1. The first-order valence-corrected chi connectivity index (χ1v) is 8.83. The van der Waals surface area contributed by atoms with E-state index in [4.69, 9.17) is 9.84 Å². The van der Waals surface area contributed by atoms with Gasteiger partial charge in [-0.3, -0.25) is 9.69 Å². The highest BCUT2D eigenvalue weighted by atomic mass is 16.5. The van der Waals surface area contributed by atoms with Crippen LogP contribution in [0.15, 0.2) is 35.5 Å². The lowest BCUT2D eigenvalue weighted by molar-refractivity contribution is -0.136. The molecule has 2 N–H and O–H groups in total. The van der Waals surface area contributed by atoms with E-state index in [9.17, 15) is 9.59 Å². The van der Waals surface area contributed by atoms with Crippen LogP contribution in [0.3, 0.4) is 0 Å². The van der Waals surface area contributed by atoms with Crippen molar-refractivity contribution in [3.05, 3.63) is 41.1 Å². The van der Waals surface area contributed by atoms with E-state index in [0.29, 0.717) is 0 Å². The number of methoxy groups -OCH3 is 1. The van der Waals surface area contributed by atoms with Gasteiger partial charge in [-0.2, -0.15) is 0 Å². The second-order valence-electron chi connectivity index (χ2n) is 6.08. The SMILES string of the molecule is CCN(CC)Cc1ccc(NC2=C(C(=O)OC)CN(CCO)C2=O)cc1. The summed E-state index contributed by atoms with van der Waals surface area (Å²) in [6, 6.07) is 7.79. The molecule has 0 bridgehead atoms. The van der Waals surface area contributed by atoms with E-state index in [-0.39, 0.29) is 36.9 Å². The number of aliphatic hydroxyl groups excluding tert-OH is 1. The Morgan fingerprint density at radius 2 is 1.92 bits per heavy atom. The van der Waals surface area contributed by atoms with Crippen LogP contribution in [-0.4, -0.2) is 66.7 Å². The lowest BCUT2D eigenvalue weighted by atomic mass is 10.1.